The molecule has 0 bridgehead atoms. The normalized spacial score (nSPS) is 14.8. The zero-order chi connectivity index (χ0) is 22.3. The fourth-order valence-electron chi connectivity index (χ4n) is 3.67. The predicted molar refractivity (Wildman–Crippen MR) is 114 cm³/mol. The highest BCUT2D eigenvalue weighted by molar-refractivity contribution is 7.11. The summed E-state index contributed by atoms with van der Waals surface area (Å²) < 4.78 is 41.8. The van der Waals surface area contributed by atoms with E-state index in [0.717, 1.165) is 66.5 Å². The van der Waals surface area contributed by atoms with Crippen LogP contribution in [0.4, 0.5) is 13.2 Å². The number of carbonyl (C=O) groups is 1. The lowest BCUT2D eigenvalue weighted by Gasteiger charge is -2.19. The summed E-state index contributed by atoms with van der Waals surface area (Å²) in [7, 11) is 0. The van der Waals surface area contributed by atoms with Crippen LogP contribution < -0.4 is 4.74 Å². The van der Waals surface area contributed by atoms with E-state index in [9.17, 15) is 18.0 Å². The van der Waals surface area contributed by atoms with Gasteiger partial charge in [0.25, 0.3) is 0 Å². The number of ketones is 1. The van der Waals surface area contributed by atoms with Gasteiger partial charge in [0.2, 0.25) is 5.88 Å². The van der Waals surface area contributed by atoms with Crippen LogP contribution in [0.5, 0.6) is 5.88 Å². The lowest BCUT2D eigenvalue weighted by Crippen LogP contribution is -2.27. The summed E-state index contributed by atoms with van der Waals surface area (Å²) in [4.78, 5) is 23.9. The van der Waals surface area contributed by atoms with E-state index in [-0.39, 0.29) is 11.7 Å². The summed E-state index contributed by atoms with van der Waals surface area (Å²) in [6, 6.07) is 3.35. The average Bonchev–Trinajstić information content (AvgIpc) is 3.00. The van der Waals surface area contributed by atoms with Gasteiger partial charge in [-0.2, -0.15) is 13.2 Å². The van der Waals surface area contributed by atoms with E-state index >= 15 is 0 Å². The molecule has 0 spiro atoms. The summed E-state index contributed by atoms with van der Waals surface area (Å²) >= 11 is 1.58. The molecule has 0 saturated heterocycles. The van der Waals surface area contributed by atoms with E-state index in [4.69, 9.17) is 4.74 Å². The number of nitrogens with zero attached hydrogens (tertiary/aromatic N) is 3. The molecule has 2 aromatic heterocycles. The number of fused-ring (bicyclic) bond motifs is 1. The Morgan fingerprint density at radius 2 is 2.00 bits per heavy atom. The van der Waals surface area contributed by atoms with Gasteiger partial charge in [0.15, 0.2) is 6.61 Å². The molecule has 0 N–H and O–H groups in total. The molecular formula is C22H28F3N3O2S. The largest absolute Gasteiger partial charge is 0.468 e. The Kier molecular flexibility index (Phi) is 8.43. The minimum absolute atomic E-state index is 0.0303. The highest BCUT2D eigenvalue weighted by Gasteiger charge is 2.28. The first-order valence-corrected chi connectivity index (χ1v) is 11.4. The Labute approximate surface area is 184 Å². The number of pyridine rings is 1. The Morgan fingerprint density at radius 3 is 2.74 bits per heavy atom. The van der Waals surface area contributed by atoms with Gasteiger partial charge in [-0.1, -0.05) is 12.5 Å². The van der Waals surface area contributed by atoms with E-state index in [1.165, 1.54) is 6.07 Å². The van der Waals surface area contributed by atoms with Crippen molar-refractivity contribution in [3.63, 3.8) is 0 Å². The van der Waals surface area contributed by atoms with E-state index in [1.807, 2.05) is 13.0 Å². The van der Waals surface area contributed by atoms with Crippen LogP contribution in [0, 0.1) is 6.92 Å². The minimum Gasteiger partial charge on any atom is -0.468 e. The molecule has 3 rings (SSSR count). The Balaban J connectivity index is 1.34. The molecular weight excluding hydrogens is 427 g/mol. The number of hydrogen-bond donors (Lipinski definition) is 0. The van der Waals surface area contributed by atoms with Crippen LogP contribution in [0.2, 0.25) is 0 Å². The van der Waals surface area contributed by atoms with Crippen LogP contribution in [0.15, 0.2) is 18.3 Å². The number of carbonyl (C=O) groups excluding carboxylic acids is 1. The van der Waals surface area contributed by atoms with Crippen LogP contribution in [-0.4, -0.2) is 53.1 Å². The smallest absolute Gasteiger partial charge is 0.422 e. The Bertz CT molecular complexity index is 870. The number of Topliss-reactive ketones (excluding diaryl/α,β-unsaturated/α-hetero) is 1. The highest BCUT2D eigenvalue weighted by Crippen LogP contribution is 2.21. The van der Waals surface area contributed by atoms with Gasteiger partial charge in [-0.05, 0) is 38.3 Å². The molecule has 5 nitrogen and oxygen atoms in total. The van der Waals surface area contributed by atoms with E-state index in [2.05, 4.69) is 14.9 Å². The van der Waals surface area contributed by atoms with Gasteiger partial charge in [-0.15, -0.1) is 11.3 Å². The van der Waals surface area contributed by atoms with Gasteiger partial charge in [-0.3, -0.25) is 4.79 Å². The van der Waals surface area contributed by atoms with Crippen molar-refractivity contribution in [2.24, 2.45) is 0 Å². The Hall–Kier alpha value is -2.00. The average molecular weight is 456 g/mol. The number of ether oxygens (including phenoxy) is 1. The highest BCUT2D eigenvalue weighted by atomic mass is 32.1. The van der Waals surface area contributed by atoms with Crippen LogP contribution in [0.25, 0.3) is 0 Å². The molecule has 1 aliphatic rings. The minimum atomic E-state index is -4.36. The molecule has 3 heterocycles. The van der Waals surface area contributed by atoms with Crippen molar-refractivity contribution in [1.29, 1.82) is 0 Å². The van der Waals surface area contributed by atoms with E-state index in [0.29, 0.717) is 19.3 Å². The molecule has 2 aromatic rings. The second kappa shape index (κ2) is 11.0. The van der Waals surface area contributed by atoms with Gasteiger partial charge in [0, 0.05) is 55.2 Å². The quantitative estimate of drug-likeness (QED) is 0.492. The van der Waals surface area contributed by atoms with Crippen LogP contribution in [0.1, 0.15) is 46.8 Å². The van der Waals surface area contributed by atoms with Crippen molar-refractivity contribution in [2.45, 2.75) is 58.0 Å². The molecule has 0 fully saturated rings. The lowest BCUT2D eigenvalue weighted by atomic mass is 10.1. The van der Waals surface area contributed by atoms with Gasteiger partial charge in [0.1, 0.15) is 5.78 Å². The number of aryl methyl sites for hydroxylation is 1. The molecule has 9 heteroatoms. The van der Waals surface area contributed by atoms with Crippen molar-refractivity contribution < 1.29 is 22.7 Å². The first-order valence-electron chi connectivity index (χ1n) is 10.6. The van der Waals surface area contributed by atoms with Crippen LogP contribution >= 0.6 is 11.3 Å². The van der Waals surface area contributed by atoms with Gasteiger partial charge in [0.05, 0.1) is 5.01 Å². The van der Waals surface area contributed by atoms with Crippen molar-refractivity contribution in [1.82, 2.24) is 14.9 Å². The zero-order valence-electron chi connectivity index (χ0n) is 17.7. The molecule has 31 heavy (non-hydrogen) atoms. The molecule has 0 atom stereocenters. The third-order valence-corrected chi connectivity index (χ3v) is 6.17. The summed E-state index contributed by atoms with van der Waals surface area (Å²) in [5.41, 5.74) is 1.90. The summed E-state index contributed by atoms with van der Waals surface area (Å²) in [5.74, 6) is 0.297. The molecule has 0 aliphatic carbocycles. The maximum Gasteiger partial charge on any atom is 0.422 e. The summed E-state index contributed by atoms with van der Waals surface area (Å²) in [6.07, 6.45) is 2.96. The topological polar surface area (TPSA) is 55.3 Å². The summed E-state index contributed by atoms with van der Waals surface area (Å²) in [5, 5.41) is 0.989. The number of rotatable bonds is 10. The number of aromatic nitrogens is 2. The van der Waals surface area contributed by atoms with Crippen molar-refractivity contribution in [3.8, 4) is 5.88 Å². The number of unbranched alkanes of at least 4 members (excludes halogenated alkanes) is 2. The number of hydrogen-bond acceptors (Lipinski definition) is 6. The molecule has 0 saturated carbocycles. The first kappa shape index (κ1) is 23.7. The van der Waals surface area contributed by atoms with Crippen molar-refractivity contribution in [2.75, 3.05) is 26.2 Å². The fraction of sp³-hybridized carbons (Fsp3) is 0.591. The molecule has 1 aliphatic heterocycles. The van der Waals surface area contributed by atoms with Gasteiger partial charge < -0.3 is 9.64 Å². The van der Waals surface area contributed by atoms with Crippen LogP contribution in [-0.2, 0) is 24.1 Å². The predicted octanol–water partition coefficient (Wildman–Crippen LogP) is 4.56. The Morgan fingerprint density at radius 1 is 1.19 bits per heavy atom. The first-order chi connectivity index (χ1) is 14.8. The molecule has 170 valence electrons. The second-order valence-electron chi connectivity index (χ2n) is 7.87. The number of halogens is 3. The monoisotopic (exact) mass is 455 g/mol. The van der Waals surface area contributed by atoms with Crippen molar-refractivity contribution in [3.05, 3.63) is 39.5 Å². The number of thiazole rings is 1. The number of alkyl halides is 3. The SMILES string of the molecule is Cc1ncc(CC(=O)CCCCCN2CCc3ccc(OCC(F)(F)F)nc3CC2)s1. The maximum absolute atomic E-state index is 12.3. The fourth-order valence-corrected chi connectivity index (χ4v) is 4.50. The van der Waals surface area contributed by atoms with Gasteiger partial charge in [-0.25, -0.2) is 9.97 Å². The zero-order valence-corrected chi connectivity index (χ0v) is 18.5. The lowest BCUT2D eigenvalue weighted by molar-refractivity contribution is -0.154. The summed E-state index contributed by atoms with van der Waals surface area (Å²) in [6.45, 7) is 3.30. The second-order valence-corrected chi connectivity index (χ2v) is 9.19. The van der Waals surface area contributed by atoms with E-state index in [1.54, 1.807) is 17.5 Å². The maximum atomic E-state index is 12.3. The molecule has 0 radical (unpaired) electrons. The van der Waals surface area contributed by atoms with Crippen LogP contribution in [0.3, 0.4) is 0 Å². The standard InChI is InChI=1S/C22H28F3N3O2S/c1-16-26-14-19(31-16)13-18(29)5-3-2-4-10-28-11-8-17-6-7-21(27-20(17)9-12-28)30-15-22(23,24)25/h6-7,14H,2-5,8-13,15H2,1H3. The molecule has 0 amide bonds. The third kappa shape index (κ3) is 8.22. The third-order valence-electron chi connectivity index (χ3n) is 5.26. The molecule has 0 aromatic carbocycles. The van der Waals surface area contributed by atoms with Gasteiger partial charge >= 0.3 is 6.18 Å². The van der Waals surface area contributed by atoms with E-state index < -0.39 is 12.8 Å². The van der Waals surface area contributed by atoms with Crippen molar-refractivity contribution >= 4 is 17.1 Å². The molecule has 0 unspecified atom stereocenters.